The highest BCUT2D eigenvalue weighted by atomic mass is 35.5. The van der Waals surface area contributed by atoms with Gasteiger partial charge in [0.05, 0.1) is 21.8 Å². The Morgan fingerprint density at radius 3 is 2.60 bits per heavy atom. The standard InChI is InChI=1S/C25H23Cl2F2N5O/c26-16-7-9-20(35)22(27)21(16)24-32-19-12-31-25(30-11-15-6-8-17(28)18(29)10-15)33-23(19)34(24)13-14-4-2-1-3-5-14/h6-10,12,14,35H,1-5,11,13H2,(H,30,31,33). The van der Waals surface area contributed by atoms with Crippen LogP contribution in [0.15, 0.2) is 36.5 Å². The number of nitrogens with zero attached hydrogens (tertiary/aromatic N) is 4. The van der Waals surface area contributed by atoms with E-state index in [1.807, 2.05) is 4.57 Å². The molecule has 0 aliphatic heterocycles. The average molecular weight is 518 g/mol. The first kappa shape index (κ1) is 23.8. The summed E-state index contributed by atoms with van der Waals surface area (Å²) in [5.41, 5.74) is 2.16. The highest BCUT2D eigenvalue weighted by Gasteiger charge is 2.24. The molecule has 1 aliphatic rings. The fourth-order valence-electron chi connectivity index (χ4n) is 4.57. The molecule has 6 nitrogen and oxygen atoms in total. The molecular formula is C25H23Cl2F2N5O. The fraction of sp³-hybridized carbons (Fsp3) is 0.320. The number of aromatic nitrogens is 4. The summed E-state index contributed by atoms with van der Waals surface area (Å²) >= 11 is 13.0. The molecule has 2 aromatic heterocycles. The van der Waals surface area contributed by atoms with Crippen LogP contribution in [-0.4, -0.2) is 24.6 Å². The Kier molecular flexibility index (Phi) is 6.75. The number of imidazole rings is 1. The molecule has 0 spiro atoms. The van der Waals surface area contributed by atoms with E-state index in [9.17, 15) is 13.9 Å². The summed E-state index contributed by atoms with van der Waals surface area (Å²) in [5, 5.41) is 13.8. The predicted molar refractivity (Wildman–Crippen MR) is 133 cm³/mol. The Morgan fingerprint density at radius 2 is 1.83 bits per heavy atom. The summed E-state index contributed by atoms with van der Waals surface area (Å²) in [5.74, 6) is -0.591. The van der Waals surface area contributed by atoms with Gasteiger partial charge in [0.15, 0.2) is 17.3 Å². The summed E-state index contributed by atoms with van der Waals surface area (Å²) < 4.78 is 28.8. The third-order valence-electron chi connectivity index (χ3n) is 6.38. The molecule has 35 heavy (non-hydrogen) atoms. The van der Waals surface area contributed by atoms with E-state index >= 15 is 0 Å². The van der Waals surface area contributed by atoms with Crippen molar-refractivity contribution in [2.75, 3.05) is 5.32 Å². The second kappa shape index (κ2) is 9.95. The number of aromatic hydroxyl groups is 1. The number of nitrogens with one attached hydrogen (secondary N) is 1. The molecule has 2 N–H and O–H groups in total. The third-order valence-corrected chi connectivity index (χ3v) is 7.08. The lowest BCUT2D eigenvalue weighted by atomic mass is 9.89. The summed E-state index contributed by atoms with van der Waals surface area (Å²) in [6, 6.07) is 6.76. The maximum Gasteiger partial charge on any atom is 0.225 e. The zero-order chi connectivity index (χ0) is 24.5. The number of halogens is 4. The molecule has 0 bridgehead atoms. The maximum absolute atomic E-state index is 13.6. The van der Waals surface area contributed by atoms with Gasteiger partial charge in [0.2, 0.25) is 5.95 Å². The molecular weight excluding hydrogens is 495 g/mol. The highest BCUT2D eigenvalue weighted by molar-refractivity contribution is 6.40. The zero-order valence-corrected chi connectivity index (χ0v) is 20.3. The molecule has 0 radical (unpaired) electrons. The molecule has 1 saturated carbocycles. The molecule has 2 heterocycles. The van der Waals surface area contributed by atoms with Crippen molar-refractivity contribution in [1.29, 1.82) is 0 Å². The Bertz CT molecular complexity index is 1390. The van der Waals surface area contributed by atoms with E-state index in [1.54, 1.807) is 12.3 Å². The van der Waals surface area contributed by atoms with Crippen LogP contribution < -0.4 is 5.32 Å². The van der Waals surface area contributed by atoms with Crippen molar-refractivity contribution >= 4 is 40.3 Å². The van der Waals surface area contributed by atoms with Crippen molar-refractivity contribution < 1.29 is 13.9 Å². The van der Waals surface area contributed by atoms with Crippen molar-refractivity contribution in [3.05, 3.63) is 63.8 Å². The van der Waals surface area contributed by atoms with Crippen LogP contribution in [0.5, 0.6) is 5.75 Å². The molecule has 5 rings (SSSR count). The van der Waals surface area contributed by atoms with E-state index in [-0.39, 0.29) is 17.3 Å². The van der Waals surface area contributed by atoms with Crippen LogP contribution in [0.1, 0.15) is 37.7 Å². The van der Waals surface area contributed by atoms with Gasteiger partial charge >= 0.3 is 0 Å². The second-order valence-corrected chi connectivity index (χ2v) is 9.60. The van der Waals surface area contributed by atoms with Crippen LogP contribution in [-0.2, 0) is 13.1 Å². The first-order valence-electron chi connectivity index (χ1n) is 11.5. The van der Waals surface area contributed by atoms with E-state index in [0.717, 1.165) is 25.0 Å². The number of hydrogen-bond donors (Lipinski definition) is 2. The minimum atomic E-state index is -0.907. The van der Waals surface area contributed by atoms with Gasteiger partial charge < -0.3 is 15.0 Å². The largest absolute Gasteiger partial charge is 0.506 e. The van der Waals surface area contributed by atoms with E-state index in [4.69, 9.17) is 28.2 Å². The Hall–Kier alpha value is -2.97. The van der Waals surface area contributed by atoms with Gasteiger partial charge in [0.1, 0.15) is 17.1 Å². The molecule has 2 aromatic carbocycles. The second-order valence-electron chi connectivity index (χ2n) is 8.81. The van der Waals surface area contributed by atoms with Gasteiger partial charge in [-0.2, -0.15) is 4.98 Å². The molecule has 4 aromatic rings. The van der Waals surface area contributed by atoms with Gasteiger partial charge in [-0.25, -0.2) is 18.7 Å². The molecule has 0 amide bonds. The Morgan fingerprint density at radius 1 is 1.03 bits per heavy atom. The topological polar surface area (TPSA) is 75.9 Å². The van der Waals surface area contributed by atoms with Crippen molar-refractivity contribution in [3.63, 3.8) is 0 Å². The van der Waals surface area contributed by atoms with Crippen LogP contribution in [0.2, 0.25) is 10.0 Å². The average Bonchev–Trinajstić information content (AvgIpc) is 3.20. The van der Waals surface area contributed by atoms with E-state index in [2.05, 4.69) is 15.3 Å². The minimum absolute atomic E-state index is 0.0812. The van der Waals surface area contributed by atoms with Gasteiger partial charge in [0, 0.05) is 13.1 Å². The van der Waals surface area contributed by atoms with E-state index in [1.165, 1.54) is 31.4 Å². The first-order chi connectivity index (χ1) is 16.9. The molecule has 1 fully saturated rings. The van der Waals surface area contributed by atoms with E-state index in [0.29, 0.717) is 51.5 Å². The van der Waals surface area contributed by atoms with Gasteiger partial charge in [-0.15, -0.1) is 0 Å². The monoisotopic (exact) mass is 517 g/mol. The number of phenolic OH excluding ortho intramolecular Hbond substituents is 1. The zero-order valence-electron chi connectivity index (χ0n) is 18.7. The number of fused-ring (bicyclic) bond motifs is 1. The van der Waals surface area contributed by atoms with Crippen LogP contribution >= 0.6 is 23.2 Å². The van der Waals surface area contributed by atoms with Crippen molar-refractivity contribution in [1.82, 2.24) is 19.5 Å². The fourth-order valence-corrected chi connectivity index (χ4v) is 5.11. The first-order valence-corrected chi connectivity index (χ1v) is 12.2. The number of anilines is 1. The quantitative estimate of drug-likeness (QED) is 0.288. The molecule has 1 aliphatic carbocycles. The molecule has 0 saturated heterocycles. The molecule has 0 unspecified atom stereocenters. The summed E-state index contributed by atoms with van der Waals surface area (Å²) in [4.78, 5) is 13.8. The van der Waals surface area contributed by atoms with Crippen LogP contribution in [0.3, 0.4) is 0 Å². The van der Waals surface area contributed by atoms with Gasteiger partial charge in [-0.1, -0.05) is 48.5 Å². The molecule has 10 heteroatoms. The lowest BCUT2D eigenvalue weighted by Gasteiger charge is -2.23. The maximum atomic E-state index is 13.6. The van der Waals surface area contributed by atoms with Crippen LogP contribution in [0.4, 0.5) is 14.7 Å². The Labute approximate surface area is 211 Å². The SMILES string of the molecule is Oc1ccc(Cl)c(-c2nc3cnc(NCc4ccc(F)c(F)c4)nc3n2CC2CCCCC2)c1Cl. The van der Waals surface area contributed by atoms with Crippen molar-refractivity contribution in [2.45, 2.75) is 45.2 Å². The number of phenols is 1. The minimum Gasteiger partial charge on any atom is -0.506 e. The summed E-state index contributed by atoms with van der Waals surface area (Å²) in [7, 11) is 0. The predicted octanol–water partition coefficient (Wildman–Crippen LogP) is 6.98. The number of benzene rings is 2. The van der Waals surface area contributed by atoms with E-state index < -0.39 is 11.6 Å². The van der Waals surface area contributed by atoms with Crippen LogP contribution in [0.25, 0.3) is 22.6 Å². The Balaban J connectivity index is 1.54. The van der Waals surface area contributed by atoms with Gasteiger partial charge in [0.25, 0.3) is 0 Å². The normalized spacial score (nSPS) is 14.5. The number of rotatable bonds is 6. The molecule has 0 atom stereocenters. The lowest BCUT2D eigenvalue weighted by Crippen LogP contribution is -2.15. The smallest absolute Gasteiger partial charge is 0.225 e. The number of hydrogen-bond acceptors (Lipinski definition) is 5. The lowest BCUT2D eigenvalue weighted by molar-refractivity contribution is 0.323. The van der Waals surface area contributed by atoms with Crippen LogP contribution in [0, 0.1) is 17.6 Å². The summed E-state index contributed by atoms with van der Waals surface area (Å²) in [6.45, 7) is 0.893. The highest BCUT2D eigenvalue weighted by Crippen LogP contribution is 2.41. The van der Waals surface area contributed by atoms with Gasteiger partial charge in [-0.05, 0) is 48.6 Å². The van der Waals surface area contributed by atoms with Crippen molar-refractivity contribution in [3.8, 4) is 17.1 Å². The van der Waals surface area contributed by atoms with Crippen molar-refractivity contribution in [2.24, 2.45) is 5.92 Å². The van der Waals surface area contributed by atoms with Gasteiger partial charge in [-0.3, -0.25) is 0 Å². The third kappa shape index (κ3) is 4.90. The molecule has 182 valence electrons. The summed E-state index contributed by atoms with van der Waals surface area (Å²) in [6.07, 6.45) is 7.40.